The van der Waals surface area contributed by atoms with Gasteiger partial charge in [-0.2, -0.15) is 0 Å². The molecule has 16 heavy (non-hydrogen) atoms. The molecule has 0 unspecified atom stereocenters. The van der Waals surface area contributed by atoms with Crippen molar-refractivity contribution in [2.75, 3.05) is 0 Å². The summed E-state index contributed by atoms with van der Waals surface area (Å²) >= 11 is 0. The van der Waals surface area contributed by atoms with Gasteiger partial charge in [0.05, 0.1) is 0 Å². The van der Waals surface area contributed by atoms with Gasteiger partial charge in [-0.15, -0.1) is 5.10 Å². The zero-order chi connectivity index (χ0) is 11.5. The molecule has 0 aliphatic heterocycles. The van der Waals surface area contributed by atoms with E-state index in [-0.39, 0.29) is 6.04 Å². The summed E-state index contributed by atoms with van der Waals surface area (Å²) in [5.41, 5.74) is 7.65. The molecule has 0 amide bonds. The zero-order valence-electron chi connectivity index (χ0n) is 9.27. The molecule has 0 saturated heterocycles. The van der Waals surface area contributed by atoms with E-state index in [9.17, 15) is 0 Å². The average Bonchev–Trinajstić information content (AvgIpc) is 2.65. The van der Waals surface area contributed by atoms with E-state index >= 15 is 0 Å². The van der Waals surface area contributed by atoms with Crippen LogP contribution in [0.3, 0.4) is 0 Å². The summed E-state index contributed by atoms with van der Waals surface area (Å²) in [5, 5.41) is 6.75. The van der Waals surface area contributed by atoms with Crippen LogP contribution in [0.5, 0.6) is 11.8 Å². The van der Waals surface area contributed by atoms with E-state index in [4.69, 9.17) is 10.5 Å². The number of hydrogen-bond donors (Lipinski definition) is 2. The third-order valence-corrected chi connectivity index (χ3v) is 2.18. The predicted octanol–water partition coefficient (Wildman–Crippen LogP) is 1.93. The van der Waals surface area contributed by atoms with Crippen LogP contribution in [-0.4, -0.2) is 15.2 Å². The van der Waals surface area contributed by atoms with Gasteiger partial charge in [0.25, 0.3) is 0 Å². The zero-order valence-corrected chi connectivity index (χ0v) is 9.27. The Morgan fingerprint density at radius 2 is 2.19 bits per heavy atom. The highest BCUT2D eigenvalue weighted by Gasteiger charge is 2.03. The minimum absolute atomic E-state index is 0.0193. The minimum atomic E-state index is -0.0193. The maximum absolute atomic E-state index is 5.72. The molecule has 84 valence electrons. The molecule has 3 N–H and O–H groups in total. The van der Waals surface area contributed by atoms with E-state index in [0.717, 1.165) is 11.3 Å². The van der Waals surface area contributed by atoms with Crippen molar-refractivity contribution in [3.8, 4) is 11.8 Å². The molecule has 0 fully saturated rings. The Hall–Kier alpha value is -1.88. The van der Waals surface area contributed by atoms with Gasteiger partial charge in [-0.05, 0) is 19.4 Å². The van der Waals surface area contributed by atoms with Crippen LogP contribution in [0.1, 0.15) is 24.2 Å². The van der Waals surface area contributed by atoms with Crippen molar-refractivity contribution in [2.24, 2.45) is 5.73 Å². The molecule has 2 aromatic heterocycles. The standard InChI is InChI=1S/C11H14N4O/c1-7-5-11(15-14-7)16-10-4-3-9(6-13-10)8(2)12/h3-6,8H,12H2,1-2H3,(H,14,15)/t8-/m0/s1. The van der Waals surface area contributed by atoms with Crippen LogP contribution in [0.2, 0.25) is 0 Å². The Morgan fingerprint density at radius 3 is 2.69 bits per heavy atom. The quantitative estimate of drug-likeness (QED) is 0.825. The lowest BCUT2D eigenvalue weighted by atomic mass is 10.2. The highest BCUT2D eigenvalue weighted by molar-refractivity contribution is 5.24. The van der Waals surface area contributed by atoms with Crippen molar-refractivity contribution in [1.29, 1.82) is 0 Å². The summed E-state index contributed by atoms with van der Waals surface area (Å²) in [7, 11) is 0. The van der Waals surface area contributed by atoms with Crippen LogP contribution in [0, 0.1) is 6.92 Å². The number of aromatic nitrogens is 3. The number of nitrogens with one attached hydrogen (secondary N) is 1. The molecule has 0 aliphatic rings. The number of aromatic amines is 1. The number of aryl methyl sites for hydroxylation is 1. The van der Waals surface area contributed by atoms with Gasteiger partial charge in [0, 0.05) is 30.1 Å². The van der Waals surface area contributed by atoms with Crippen molar-refractivity contribution in [2.45, 2.75) is 19.9 Å². The smallest absolute Gasteiger partial charge is 0.240 e. The summed E-state index contributed by atoms with van der Waals surface area (Å²) in [4.78, 5) is 4.15. The van der Waals surface area contributed by atoms with Crippen LogP contribution < -0.4 is 10.5 Å². The first-order valence-electron chi connectivity index (χ1n) is 5.06. The van der Waals surface area contributed by atoms with E-state index in [1.807, 2.05) is 19.9 Å². The topological polar surface area (TPSA) is 76.8 Å². The van der Waals surface area contributed by atoms with Crippen molar-refractivity contribution < 1.29 is 4.74 Å². The number of nitrogens with zero attached hydrogens (tertiary/aromatic N) is 2. The van der Waals surface area contributed by atoms with Crippen molar-refractivity contribution >= 4 is 0 Å². The molecule has 0 radical (unpaired) electrons. The van der Waals surface area contributed by atoms with Crippen LogP contribution in [0.15, 0.2) is 24.4 Å². The Bertz CT molecular complexity index is 461. The van der Waals surface area contributed by atoms with Crippen LogP contribution >= 0.6 is 0 Å². The van der Waals surface area contributed by atoms with Gasteiger partial charge < -0.3 is 10.5 Å². The van der Waals surface area contributed by atoms with Gasteiger partial charge in [0.2, 0.25) is 11.8 Å². The van der Waals surface area contributed by atoms with Gasteiger partial charge >= 0.3 is 0 Å². The Kier molecular flexibility index (Phi) is 2.87. The molecular weight excluding hydrogens is 204 g/mol. The normalized spacial score (nSPS) is 12.4. The summed E-state index contributed by atoms with van der Waals surface area (Å²) in [5.74, 6) is 1.02. The maximum Gasteiger partial charge on any atom is 0.240 e. The molecule has 5 nitrogen and oxygen atoms in total. The molecule has 2 rings (SSSR count). The minimum Gasteiger partial charge on any atom is -0.419 e. The summed E-state index contributed by atoms with van der Waals surface area (Å²) in [6.07, 6.45) is 1.71. The SMILES string of the molecule is Cc1cc(Oc2ccc([C@H](C)N)cn2)n[nH]1. The maximum atomic E-state index is 5.72. The molecule has 0 aliphatic carbocycles. The Balaban J connectivity index is 2.11. The van der Waals surface area contributed by atoms with E-state index in [2.05, 4.69) is 15.2 Å². The molecule has 0 saturated carbocycles. The van der Waals surface area contributed by atoms with Crippen molar-refractivity contribution in [3.63, 3.8) is 0 Å². The van der Waals surface area contributed by atoms with E-state index in [0.29, 0.717) is 11.8 Å². The molecule has 1 atom stereocenters. The third kappa shape index (κ3) is 2.38. The Morgan fingerprint density at radius 1 is 1.38 bits per heavy atom. The highest BCUT2D eigenvalue weighted by Crippen LogP contribution is 2.18. The third-order valence-electron chi connectivity index (χ3n) is 2.18. The van der Waals surface area contributed by atoms with Gasteiger partial charge in [0.1, 0.15) is 0 Å². The molecular formula is C11H14N4O. The second-order valence-electron chi connectivity index (χ2n) is 3.71. The van der Waals surface area contributed by atoms with Crippen molar-refractivity contribution in [1.82, 2.24) is 15.2 Å². The number of nitrogens with two attached hydrogens (primary N) is 1. The monoisotopic (exact) mass is 218 g/mol. The average molecular weight is 218 g/mol. The fraction of sp³-hybridized carbons (Fsp3) is 0.273. The number of rotatable bonds is 3. The first kappa shape index (κ1) is 10.6. The predicted molar refractivity (Wildman–Crippen MR) is 60.2 cm³/mol. The first-order chi connectivity index (χ1) is 7.65. The lowest BCUT2D eigenvalue weighted by Crippen LogP contribution is -2.05. The van der Waals surface area contributed by atoms with Gasteiger partial charge in [-0.3, -0.25) is 5.10 Å². The van der Waals surface area contributed by atoms with Gasteiger partial charge in [0.15, 0.2) is 0 Å². The number of ether oxygens (including phenoxy) is 1. The van der Waals surface area contributed by atoms with E-state index in [1.54, 1.807) is 18.3 Å². The van der Waals surface area contributed by atoms with Crippen LogP contribution in [0.25, 0.3) is 0 Å². The second-order valence-corrected chi connectivity index (χ2v) is 3.71. The summed E-state index contributed by atoms with van der Waals surface area (Å²) in [6.45, 7) is 3.82. The fourth-order valence-electron chi connectivity index (χ4n) is 1.27. The lowest BCUT2D eigenvalue weighted by Gasteiger charge is -2.05. The lowest BCUT2D eigenvalue weighted by molar-refractivity contribution is 0.443. The molecule has 0 bridgehead atoms. The largest absolute Gasteiger partial charge is 0.419 e. The van der Waals surface area contributed by atoms with Gasteiger partial charge in [-0.1, -0.05) is 6.07 Å². The first-order valence-corrected chi connectivity index (χ1v) is 5.06. The number of H-pyrrole nitrogens is 1. The molecule has 0 spiro atoms. The highest BCUT2D eigenvalue weighted by atomic mass is 16.5. The fourth-order valence-corrected chi connectivity index (χ4v) is 1.27. The summed E-state index contributed by atoms with van der Waals surface area (Å²) < 4.78 is 5.44. The Labute approximate surface area is 93.7 Å². The van der Waals surface area contributed by atoms with Gasteiger partial charge in [-0.25, -0.2) is 4.98 Å². The van der Waals surface area contributed by atoms with Crippen LogP contribution in [0.4, 0.5) is 0 Å². The van der Waals surface area contributed by atoms with Crippen molar-refractivity contribution in [3.05, 3.63) is 35.7 Å². The molecule has 2 aromatic rings. The van der Waals surface area contributed by atoms with E-state index in [1.165, 1.54) is 0 Å². The molecule has 5 heteroatoms. The summed E-state index contributed by atoms with van der Waals surface area (Å²) in [6, 6.07) is 5.46. The second kappa shape index (κ2) is 4.32. The van der Waals surface area contributed by atoms with E-state index < -0.39 is 0 Å². The molecule has 0 aromatic carbocycles. The number of pyridine rings is 1. The van der Waals surface area contributed by atoms with Crippen LogP contribution in [-0.2, 0) is 0 Å². The number of hydrogen-bond acceptors (Lipinski definition) is 4. The molecule has 2 heterocycles.